The average Bonchev–Trinajstić information content (AvgIpc) is 3.53. The molecule has 0 saturated heterocycles. The number of halogens is 1. The van der Waals surface area contributed by atoms with Gasteiger partial charge in [0, 0.05) is 39.5 Å². The number of aliphatic hydroxyl groups excluding tert-OH is 1. The van der Waals surface area contributed by atoms with Crippen molar-refractivity contribution in [2.24, 2.45) is 5.73 Å². The van der Waals surface area contributed by atoms with Gasteiger partial charge in [-0.3, -0.25) is 9.89 Å². The summed E-state index contributed by atoms with van der Waals surface area (Å²) in [6.07, 6.45) is 4.58. The summed E-state index contributed by atoms with van der Waals surface area (Å²) >= 11 is 6.30. The predicted molar refractivity (Wildman–Crippen MR) is 160 cm³/mol. The molecule has 0 unspecified atom stereocenters. The van der Waals surface area contributed by atoms with Gasteiger partial charge >= 0.3 is 0 Å². The summed E-state index contributed by atoms with van der Waals surface area (Å²) in [4.78, 5) is 8.58. The van der Waals surface area contributed by atoms with Gasteiger partial charge in [0.15, 0.2) is 0 Å². The third-order valence-corrected chi connectivity index (χ3v) is 7.14. The Hall–Kier alpha value is -4.01. The van der Waals surface area contributed by atoms with E-state index < -0.39 is 0 Å². The Morgan fingerprint density at radius 2 is 1.80 bits per heavy atom. The lowest BCUT2D eigenvalue weighted by atomic mass is 9.92. The first-order chi connectivity index (χ1) is 19.2. The summed E-state index contributed by atoms with van der Waals surface area (Å²) < 4.78 is 11.8. The van der Waals surface area contributed by atoms with Crippen molar-refractivity contribution in [3.05, 3.63) is 93.2 Å². The van der Waals surface area contributed by atoms with E-state index in [-0.39, 0.29) is 13.0 Å². The van der Waals surface area contributed by atoms with Crippen molar-refractivity contribution in [1.29, 1.82) is 0 Å². The zero-order valence-corrected chi connectivity index (χ0v) is 24.1. The molecule has 0 atom stereocenters. The SMILES string of the molecule is Cc1cc(OCCC/C(=C\Cc2ccc(CO)o2)c2cccc(-c3c(C)n[nH]c3C)c2N)cc(C)c1Cl.NC=O. The van der Waals surface area contributed by atoms with Gasteiger partial charge in [-0.05, 0) is 81.5 Å². The van der Waals surface area contributed by atoms with Gasteiger partial charge in [0.2, 0.25) is 6.41 Å². The van der Waals surface area contributed by atoms with Crippen LogP contribution in [0.15, 0.2) is 53.0 Å². The molecule has 2 aromatic heterocycles. The molecular formula is C31H37ClN4O4. The second-order valence-corrected chi connectivity index (χ2v) is 9.87. The van der Waals surface area contributed by atoms with Crippen LogP contribution in [0, 0.1) is 27.7 Å². The van der Waals surface area contributed by atoms with Crippen LogP contribution in [0.2, 0.25) is 5.02 Å². The molecule has 4 rings (SSSR count). The number of aromatic amines is 1. The second kappa shape index (κ2) is 14.4. The number of ether oxygens (including phenoxy) is 1. The highest BCUT2D eigenvalue weighted by Gasteiger charge is 2.16. The number of nitrogens with two attached hydrogens (primary N) is 2. The molecule has 0 aliphatic carbocycles. The van der Waals surface area contributed by atoms with Gasteiger partial charge in [-0.1, -0.05) is 35.9 Å². The zero-order chi connectivity index (χ0) is 29.2. The first kappa shape index (κ1) is 30.5. The maximum Gasteiger partial charge on any atom is 0.204 e. The minimum absolute atomic E-state index is 0.115. The Morgan fingerprint density at radius 1 is 1.12 bits per heavy atom. The van der Waals surface area contributed by atoms with Crippen LogP contribution in [0.4, 0.5) is 5.69 Å². The normalized spacial score (nSPS) is 11.2. The first-order valence-electron chi connectivity index (χ1n) is 13.0. The van der Waals surface area contributed by atoms with Gasteiger partial charge in [0.05, 0.1) is 12.3 Å². The lowest BCUT2D eigenvalue weighted by Crippen LogP contribution is -2.02. The van der Waals surface area contributed by atoms with Crippen molar-refractivity contribution >= 4 is 29.3 Å². The number of carbonyl (C=O) groups excluding carboxylic acids is 1. The molecule has 2 heterocycles. The highest BCUT2D eigenvalue weighted by Crippen LogP contribution is 2.36. The van der Waals surface area contributed by atoms with Crippen LogP contribution in [-0.4, -0.2) is 28.3 Å². The summed E-state index contributed by atoms with van der Waals surface area (Å²) in [6, 6.07) is 13.8. The topological polar surface area (TPSA) is 140 Å². The quantitative estimate of drug-likeness (QED) is 0.102. The van der Waals surface area contributed by atoms with E-state index in [9.17, 15) is 5.11 Å². The van der Waals surface area contributed by atoms with E-state index in [2.05, 4.69) is 28.1 Å². The number of aryl methyl sites for hydroxylation is 4. The number of nitrogens with zero attached hydrogens (tertiary/aromatic N) is 1. The number of primary amides is 1. The Morgan fingerprint density at radius 3 is 2.40 bits per heavy atom. The molecule has 0 aliphatic heterocycles. The van der Waals surface area contributed by atoms with Crippen LogP contribution < -0.4 is 16.2 Å². The lowest BCUT2D eigenvalue weighted by Gasteiger charge is -2.16. The number of benzene rings is 2. The molecule has 8 nitrogen and oxygen atoms in total. The number of para-hydroxylation sites is 1. The third-order valence-electron chi connectivity index (χ3n) is 6.54. The van der Waals surface area contributed by atoms with E-state index in [4.69, 9.17) is 31.3 Å². The van der Waals surface area contributed by atoms with E-state index >= 15 is 0 Å². The molecule has 0 bridgehead atoms. The van der Waals surface area contributed by atoms with Gasteiger partial charge in [-0.25, -0.2) is 0 Å². The van der Waals surface area contributed by atoms with Crippen molar-refractivity contribution in [2.45, 2.75) is 53.6 Å². The maximum absolute atomic E-state index is 9.34. The van der Waals surface area contributed by atoms with Gasteiger partial charge in [0.1, 0.15) is 23.9 Å². The average molecular weight is 565 g/mol. The van der Waals surface area contributed by atoms with E-state index in [1.165, 1.54) is 0 Å². The number of amides is 1. The van der Waals surface area contributed by atoms with Crippen molar-refractivity contribution in [3.8, 4) is 16.9 Å². The summed E-state index contributed by atoms with van der Waals surface area (Å²) in [5.74, 6) is 2.17. The highest BCUT2D eigenvalue weighted by molar-refractivity contribution is 6.32. The second-order valence-electron chi connectivity index (χ2n) is 9.49. The number of nitrogen functional groups attached to an aromatic ring is 1. The number of furan rings is 1. The van der Waals surface area contributed by atoms with E-state index in [0.29, 0.717) is 18.8 Å². The Bertz CT molecular complexity index is 1430. The Labute approximate surface area is 240 Å². The zero-order valence-electron chi connectivity index (χ0n) is 23.4. The fraction of sp³-hybridized carbons (Fsp3) is 0.290. The standard InChI is InChI=1S/C30H34ClN3O3.CH3NO/c1-18-15-25(16-19(2)29(18)31)36-14-6-7-22(10-11-23-12-13-24(17-35)37-23)26-8-5-9-27(30(26)32)28-20(3)33-34-21(28)4;2-1-3/h5,8-10,12-13,15-16,35H,6-7,11,14,17,32H2,1-4H3,(H,33,34);1H,(H2,2,3)/b22-10+;. The molecule has 2 aromatic carbocycles. The van der Waals surface area contributed by atoms with Crippen LogP contribution in [0.25, 0.3) is 16.7 Å². The molecule has 212 valence electrons. The fourth-order valence-electron chi connectivity index (χ4n) is 4.64. The molecule has 9 heteroatoms. The number of aromatic nitrogens is 2. The minimum atomic E-state index is -0.115. The molecule has 0 aliphatic rings. The summed E-state index contributed by atoms with van der Waals surface area (Å²) in [7, 11) is 0. The van der Waals surface area contributed by atoms with Gasteiger partial charge in [0.25, 0.3) is 0 Å². The molecule has 0 fully saturated rings. The molecule has 40 heavy (non-hydrogen) atoms. The molecule has 4 aromatic rings. The van der Waals surface area contributed by atoms with Gasteiger partial charge in [-0.15, -0.1) is 0 Å². The van der Waals surface area contributed by atoms with E-state index in [1.807, 2.05) is 58.0 Å². The van der Waals surface area contributed by atoms with Crippen molar-refractivity contribution in [3.63, 3.8) is 0 Å². The Balaban J connectivity index is 0.00000141. The van der Waals surface area contributed by atoms with Gasteiger partial charge in [-0.2, -0.15) is 5.10 Å². The van der Waals surface area contributed by atoms with E-state index in [0.717, 1.165) is 79.8 Å². The number of carbonyl (C=O) groups is 1. The smallest absolute Gasteiger partial charge is 0.204 e. The lowest BCUT2D eigenvalue weighted by molar-refractivity contribution is -0.106. The van der Waals surface area contributed by atoms with Crippen molar-refractivity contribution in [2.75, 3.05) is 12.3 Å². The summed E-state index contributed by atoms with van der Waals surface area (Å²) in [6.45, 7) is 8.40. The number of aliphatic hydroxyl groups is 1. The number of nitrogens with one attached hydrogen (secondary N) is 1. The van der Waals surface area contributed by atoms with Crippen molar-refractivity contribution in [1.82, 2.24) is 10.2 Å². The summed E-state index contributed by atoms with van der Waals surface area (Å²) in [5.41, 5.74) is 19.7. The molecule has 0 saturated carbocycles. The number of anilines is 1. The minimum Gasteiger partial charge on any atom is -0.494 e. The largest absolute Gasteiger partial charge is 0.494 e. The highest BCUT2D eigenvalue weighted by atomic mass is 35.5. The number of rotatable bonds is 10. The first-order valence-corrected chi connectivity index (χ1v) is 13.4. The molecule has 0 radical (unpaired) electrons. The van der Waals surface area contributed by atoms with Crippen LogP contribution in [0.1, 0.15) is 52.4 Å². The number of hydrogen-bond acceptors (Lipinski definition) is 6. The molecular weight excluding hydrogens is 528 g/mol. The molecule has 1 amide bonds. The fourth-order valence-corrected chi connectivity index (χ4v) is 4.75. The number of H-pyrrole nitrogens is 1. The van der Waals surface area contributed by atoms with Crippen molar-refractivity contribution < 1.29 is 19.1 Å². The van der Waals surface area contributed by atoms with Crippen LogP contribution in [0.3, 0.4) is 0 Å². The predicted octanol–water partition coefficient (Wildman–Crippen LogP) is 6.22. The maximum atomic E-state index is 9.34. The van der Waals surface area contributed by atoms with Crippen LogP contribution in [-0.2, 0) is 17.8 Å². The molecule has 6 N–H and O–H groups in total. The third kappa shape index (κ3) is 7.55. The monoisotopic (exact) mass is 564 g/mol. The molecule has 0 spiro atoms. The van der Waals surface area contributed by atoms with Crippen LogP contribution in [0.5, 0.6) is 5.75 Å². The van der Waals surface area contributed by atoms with Gasteiger partial charge < -0.3 is 25.7 Å². The van der Waals surface area contributed by atoms with E-state index in [1.54, 1.807) is 6.07 Å². The number of allylic oxidation sites excluding steroid dienone is 2. The Kier molecular flexibility index (Phi) is 11.0. The summed E-state index contributed by atoms with van der Waals surface area (Å²) in [5, 5.41) is 17.5. The number of hydrogen-bond donors (Lipinski definition) is 4. The van der Waals surface area contributed by atoms with Crippen LogP contribution >= 0.6 is 11.6 Å².